The average Bonchev–Trinajstić information content (AvgIpc) is 2.54. The first-order valence-electron chi connectivity index (χ1n) is 7.07. The van der Waals surface area contributed by atoms with Crippen molar-refractivity contribution in [3.05, 3.63) is 75.7 Å². The lowest BCUT2D eigenvalue weighted by molar-refractivity contribution is -0.384. The Bertz CT molecular complexity index is 972. The summed E-state index contributed by atoms with van der Waals surface area (Å²) >= 11 is 0. The molecule has 0 aliphatic rings. The van der Waals surface area contributed by atoms with Gasteiger partial charge in [-0.05, 0) is 37.3 Å². The number of nitro benzene ring substituents is 1. The maximum absolute atomic E-state index is 13.5. The van der Waals surface area contributed by atoms with E-state index in [9.17, 15) is 19.3 Å². The Hall–Kier alpha value is -3.35. The fourth-order valence-electron chi connectivity index (χ4n) is 2.41. The second kappa shape index (κ2) is 6.04. The van der Waals surface area contributed by atoms with Gasteiger partial charge in [0.15, 0.2) is 0 Å². The highest BCUT2D eigenvalue weighted by Gasteiger charge is 2.14. The first-order valence-corrected chi connectivity index (χ1v) is 7.07. The Morgan fingerprint density at radius 1 is 1.21 bits per heavy atom. The van der Waals surface area contributed by atoms with Gasteiger partial charge in [-0.2, -0.15) is 0 Å². The standard InChI is InChI=1S/C17H12FN3O3/c1-10-7-15(14-8-11(18)5-6-16(14)19-10)17(22)20-12-3-2-4-13(9-12)21(23)24/h2-9H,1H3,(H,20,22). The number of carbonyl (C=O) groups is 1. The molecule has 3 aromatic rings. The number of nitrogens with zero attached hydrogens (tertiary/aromatic N) is 2. The summed E-state index contributed by atoms with van der Waals surface area (Å²) in [5.74, 6) is -0.964. The number of rotatable bonds is 3. The summed E-state index contributed by atoms with van der Waals surface area (Å²) < 4.78 is 13.5. The molecular weight excluding hydrogens is 313 g/mol. The number of hydrogen-bond donors (Lipinski definition) is 1. The molecule has 1 aromatic heterocycles. The monoisotopic (exact) mass is 325 g/mol. The van der Waals surface area contributed by atoms with Crippen molar-refractivity contribution in [3.63, 3.8) is 0 Å². The fourth-order valence-corrected chi connectivity index (χ4v) is 2.41. The Morgan fingerprint density at radius 2 is 2.00 bits per heavy atom. The van der Waals surface area contributed by atoms with Crippen molar-refractivity contribution in [2.24, 2.45) is 0 Å². The third-order valence-corrected chi connectivity index (χ3v) is 3.46. The molecule has 0 radical (unpaired) electrons. The number of non-ortho nitro benzene ring substituents is 1. The van der Waals surface area contributed by atoms with Gasteiger partial charge in [0.25, 0.3) is 11.6 Å². The van der Waals surface area contributed by atoms with Gasteiger partial charge in [0.1, 0.15) is 5.82 Å². The van der Waals surface area contributed by atoms with Crippen molar-refractivity contribution < 1.29 is 14.1 Å². The van der Waals surface area contributed by atoms with Gasteiger partial charge in [-0.3, -0.25) is 19.9 Å². The summed E-state index contributed by atoms with van der Waals surface area (Å²) in [6.07, 6.45) is 0. The molecular formula is C17H12FN3O3. The molecule has 1 amide bonds. The van der Waals surface area contributed by atoms with Crippen LogP contribution in [0.15, 0.2) is 48.5 Å². The van der Waals surface area contributed by atoms with Crippen LogP contribution in [0.3, 0.4) is 0 Å². The minimum atomic E-state index is -0.545. The second-order valence-electron chi connectivity index (χ2n) is 5.23. The largest absolute Gasteiger partial charge is 0.322 e. The van der Waals surface area contributed by atoms with Gasteiger partial charge < -0.3 is 5.32 Å². The normalized spacial score (nSPS) is 10.6. The van der Waals surface area contributed by atoms with Crippen LogP contribution in [0.5, 0.6) is 0 Å². The quantitative estimate of drug-likeness (QED) is 0.585. The molecule has 7 heteroatoms. The molecule has 3 rings (SSSR count). The van der Waals surface area contributed by atoms with Gasteiger partial charge >= 0.3 is 0 Å². The lowest BCUT2D eigenvalue weighted by Gasteiger charge is -2.09. The smallest absolute Gasteiger partial charge is 0.271 e. The van der Waals surface area contributed by atoms with E-state index in [-0.39, 0.29) is 16.9 Å². The van der Waals surface area contributed by atoms with Crippen LogP contribution >= 0.6 is 0 Å². The topological polar surface area (TPSA) is 85.1 Å². The summed E-state index contributed by atoms with van der Waals surface area (Å²) in [4.78, 5) is 27.1. The van der Waals surface area contributed by atoms with Gasteiger partial charge in [-0.25, -0.2) is 4.39 Å². The van der Waals surface area contributed by atoms with Gasteiger partial charge in [0.2, 0.25) is 0 Å². The highest BCUT2D eigenvalue weighted by Crippen LogP contribution is 2.22. The van der Waals surface area contributed by atoms with Crippen molar-refractivity contribution in [1.82, 2.24) is 4.98 Å². The molecule has 0 aliphatic heterocycles. The number of benzene rings is 2. The molecule has 0 saturated heterocycles. The molecule has 24 heavy (non-hydrogen) atoms. The molecule has 1 N–H and O–H groups in total. The maximum Gasteiger partial charge on any atom is 0.271 e. The zero-order valence-electron chi connectivity index (χ0n) is 12.6. The van der Waals surface area contributed by atoms with E-state index in [1.807, 2.05) is 0 Å². The first kappa shape index (κ1) is 15.5. The number of aryl methyl sites for hydroxylation is 1. The molecule has 120 valence electrons. The van der Waals surface area contributed by atoms with Crippen LogP contribution < -0.4 is 5.32 Å². The lowest BCUT2D eigenvalue weighted by atomic mass is 10.1. The number of aromatic nitrogens is 1. The predicted octanol–water partition coefficient (Wildman–Crippen LogP) is 3.84. The number of nitro groups is 1. The molecule has 0 unspecified atom stereocenters. The van der Waals surface area contributed by atoms with Crippen LogP contribution in [-0.2, 0) is 0 Å². The highest BCUT2D eigenvalue weighted by molar-refractivity contribution is 6.12. The van der Waals surface area contributed by atoms with Crippen LogP contribution in [0, 0.1) is 22.9 Å². The molecule has 2 aromatic carbocycles. The maximum atomic E-state index is 13.5. The number of pyridine rings is 1. The zero-order valence-corrected chi connectivity index (χ0v) is 12.6. The van der Waals surface area contributed by atoms with Gasteiger partial charge in [0, 0.05) is 28.9 Å². The fraction of sp³-hybridized carbons (Fsp3) is 0.0588. The number of halogens is 1. The minimum Gasteiger partial charge on any atom is -0.322 e. The molecule has 0 atom stereocenters. The molecule has 0 spiro atoms. The van der Waals surface area contributed by atoms with E-state index in [1.165, 1.54) is 36.4 Å². The molecule has 1 heterocycles. The van der Waals surface area contributed by atoms with Crippen LogP contribution in [0.2, 0.25) is 0 Å². The summed E-state index contributed by atoms with van der Waals surface area (Å²) in [7, 11) is 0. The van der Waals surface area contributed by atoms with Crippen LogP contribution in [0.25, 0.3) is 10.9 Å². The van der Waals surface area contributed by atoms with Gasteiger partial charge in [-0.1, -0.05) is 6.07 Å². The highest BCUT2D eigenvalue weighted by atomic mass is 19.1. The lowest BCUT2D eigenvalue weighted by Crippen LogP contribution is -2.13. The number of hydrogen-bond acceptors (Lipinski definition) is 4. The summed E-state index contributed by atoms with van der Waals surface area (Å²) in [6, 6.07) is 11.2. The Balaban J connectivity index is 2.01. The Morgan fingerprint density at radius 3 is 2.75 bits per heavy atom. The molecule has 6 nitrogen and oxygen atoms in total. The SMILES string of the molecule is Cc1cc(C(=O)Nc2cccc([N+](=O)[O-])c2)c2cc(F)ccc2n1. The number of nitrogens with one attached hydrogen (secondary N) is 1. The van der Waals surface area contributed by atoms with E-state index < -0.39 is 16.6 Å². The van der Waals surface area contributed by atoms with Crippen molar-refractivity contribution in [2.45, 2.75) is 6.92 Å². The summed E-state index contributed by atoms with van der Waals surface area (Å²) in [5.41, 5.74) is 1.52. The summed E-state index contributed by atoms with van der Waals surface area (Å²) in [6.45, 7) is 1.73. The van der Waals surface area contributed by atoms with Gasteiger partial charge in [0.05, 0.1) is 16.0 Å². The third kappa shape index (κ3) is 3.05. The molecule has 0 bridgehead atoms. The number of carbonyl (C=O) groups excluding carboxylic acids is 1. The van der Waals surface area contributed by atoms with E-state index in [1.54, 1.807) is 19.1 Å². The van der Waals surface area contributed by atoms with Crippen molar-refractivity contribution >= 4 is 28.2 Å². The number of amides is 1. The minimum absolute atomic E-state index is 0.130. The second-order valence-corrected chi connectivity index (χ2v) is 5.23. The van der Waals surface area contributed by atoms with Crippen LogP contribution in [0.1, 0.15) is 16.1 Å². The van der Waals surface area contributed by atoms with E-state index in [2.05, 4.69) is 10.3 Å². The Kier molecular flexibility index (Phi) is 3.91. The van der Waals surface area contributed by atoms with Crippen molar-refractivity contribution in [2.75, 3.05) is 5.32 Å². The Labute approximate surface area is 136 Å². The van der Waals surface area contributed by atoms with E-state index in [0.717, 1.165) is 0 Å². The summed E-state index contributed by atoms with van der Waals surface area (Å²) in [5, 5.41) is 13.8. The third-order valence-electron chi connectivity index (χ3n) is 3.46. The van der Waals surface area contributed by atoms with Gasteiger partial charge in [-0.15, -0.1) is 0 Å². The van der Waals surface area contributed by atoms with Crippen LogP contribution in [0.4, 0.5) is 15.8 Å². The van der Waals surface area contributed by atoms with Crippen molar-refractivity contribution in [3.8, 4) is 0 Å². The predicted molar refractivity (Wildman–Crippen MR) is 87.5 cm³/mol. The van der Waals surface area contributed by atoms with Crippen molar-refractivity contribution in [1.29, 1.82) is 0 Å². The number of anilines is 1. The average molecular weight is 325 g/mol. The zero-order chi connectivity index (χ0) is 17.3. The van der Waals surface area contributed by atoms with Crippen LogP contribution in [-0.4, -0.2) is 15.8 Å². The van der Waals surface area contributed by atoms with E-state index >= 15 is 0 Å². The van der Waals surface area contributed by atoms with E-state index in [4.69, 9.17) is 0 Å². The number of fused-ring (bicyclic) bond motifs is 1. The molecule has 0 aliphatic carbocycles. The first-order chi connectivity index (χ1) is 11.4. The molecule has 0 saturated carbocycles. The molecule has 0 fully saturated rings. The van der Waals surface area contributed by atoms with E-state index in [0.29, 0.717) is 16.6 Å².